The van der Waals surface area contributed by atoms with Crippen molar-refractivity contribution in [3.05, 3.63) is 15.4 Å². The Morgan fingerprint density at radius 2 is 2.15 bits per heavy atom. The molecule has 1 aromatic rings. The highest BCUT2D eigenvalue weighted by molar-refractivity contribution is 9.10. The molecule has 0 bridgehead atoms. The zero-order chi connectivity index (χ0) is 10.1. The summed E-state index contributed by atoms with van der Waals surface area (Å²) in [5.74, 6) is 5.19. The molecular formula is C8H12BrNO2S. The zero-order valence-electron chi connectivity index (χ0n) is 7.76. The second-order valence-electron chi connectivity index (χ2n) is 3.08. The fourth-order valence-corrected chi connectivity index (χ4v) is 2.54. The van der Waals surface area contributed by atoms with Crippen LogP contribution in [0.2, 0.25) is 0 Å². The van der Waals surface area contributed by atoms with Crippen LogP contribution in [0.25, 0.3) is 0 Å². The van der Waals surface area contributed by atoms with E-state index < -0.39 is 5.60 Å². The summed E-state index contributed by atoms with van der Waals surface area (Å²) in [6, 6.07) is 1.95. The summed E-state index contributed by atoms with van der Waals surface area (Å²) in [4.78, 5) is 5.90. The second-order valence-corrected chi connectivity index (χ2v) is 4.95. The normalized spacial score (nSPS) is 11.8. The fraction of sp³-hybridized carbons (Fsp3) is 0.500. The van der Waals surface area contributed by atoms with Gasteiger partial charge >= 0.3 is 0 Å². The van der Waals surface area contributed by atoms with Gasteiger partial charge in [-0.15, -0.1) is 0 Å². The first-order chi connectivity index (χ1) is 6.01. The predicted octanol–water partition coefficient (Wildman–Crippen LogP) is 2.64. The highest BCUT2D eigenvalue weighted by Crippen LogP contribution is 2.40. The van der Waals surface area contributed by atoms with Crippen LogP contribution in [0.4, 0.5) is 0 Å². The third-order valence-electron chi connectivity index (χ3n) is 1.73. The monoisotopic (exact) mass is 265 g/mol. The molecule has 0 spiro atoms. The molecule has 0 aliphatic carbocycles. The summed E-state index contributed by atoms with van der Waals surface area (Å²) in [6.45, 7) is 3.81. The number of nitrogens with two attached hydrogens (primary N) is 1. The molecule has 0 radical (unpaired) electrons. The number of rotatable bonds is 3. The SMILES string of the molecule is COc1sc(C(C)(C)ON)cc1Br. The lowest BCUT2D eigenvalue weighted by atomic mass is 10.1. The summed E-state index contributed by atoms with van der Waals surface area (Å²) in [5, 5.41) is 0.833. The molecule has 0 saturated carbocycles. The highest BCUT2D eigenvalue weighted by Gasteiger charge is 2.24. The Labute approximate surface area is 89.9 Å². The van der Waals surface area contributed by atoms with Gasteiger partial charge in [0.2, 0.25) is 0 Å². The molecule has 1 rings (SSSR count). The van der Waals surface area contributed by atoms with Crippen LogP contribution in [0, 0.1) is 0 Å². The van der Waals surface area contributed by atoms with E-state index in [4.69, 9.17) is 15.5 Å². The Hall–Kier alpha value is -0.100. The van der Waals surface area contributed by atoms with Crippen LogP contribution in [-0.2, 0) is 10.4 Å². The van der Waals surface area contributed by atoms with Gasteiger partial charge in [-0.05, 0) is 35.8 Å². The Morgan fingerprint density at radius 1 is 1.54 bits per heavy atom. The Bertz CT molecular complexity index is 298. The van der Waals surface area contributed by atoms with Gasteiger partial charge in [-0.1, -0.05) is 11.3 Å². The van der Waals surface area contributed by atoms with Crippen molar-refractivity contribution in [2.24, 2.45) is 5.90 Å². The van der Waals surface area contributed by atoms with Crippen molar-refractivity contribution in [2.45, 2.75) is 19.4 Å². The average molecular weight is 266 g/mol. The maximum Gasteiger partial charge on any atom is 0.188 e. The average Bonchev–Trinajstić information content (AvgIpc) is 2.47. The van der Waals surface area contributed by atoms with E-state index in [1.54, 1.807) is 7.11 Å². The first kappa shape index (κ1) is 11.0. The van der Waals surface area contributed by atoms with Crippen LogP contribution in [0.15, 0.2) is 10.5 Å². The Kier molecular flexibility index (Phi) is 3.34. The minimum Gasteiger partial charge on any atom is -0.486 e. The predicted molar refractivity (Wildman–Crippen MR) is 56.9 cm³/mol. The van der Waals surface area contributed by atoms with Crippen molar-refractivity contribution in [1.82, 2.24) is 0 Å². The zero-order valence-corrected chi connectivity index (χ0v) is 10.2. The number of methoxy groups -OCH3 is 1. The first-order valence-corrected chi connectivity index (χ1v) is 5.34. The van der Waals surface area contributed by atoms with E-state index in [2.05, 4.69) is 15.9 Å². The van der Waals surface area contributed by atoms with Crippen LogP contribution in [0.1, 0.15) is 18.7 Å². The molecule has 1 heterocycles. The summed E-state index contributed by atoms with van der Waals surface area (Å²) in [6.07, 6.45) is 0. The summed E-state index contributed by atoms with van der Waals surface area (Å²) in [5.41, 5.74) is -0.468. The smallest absolute Gasteiger partial charge is 0.188 e. The molecule has 0 aliphatic rings. The largest absolute Gasteiger partial charge is 0.486 e. The van der Waals surface area contributed by atoms with Gasteiger partial charge in [0.05, 0.1) is 11.6 Å². The molecule has 0 aromatic carbocycles. The van der Waals surface area contributed by atoms with Crippen LogP contribution >= 0.6 is 27.3 Å². The van der Waals surface area contributed by atoms with Gasteiger partial charge in [-0.2, -0.15) is 0 Å². The molecule has 0 saturated heterocycles. The molecule has 0 fully saturated rings. The number of thiophene rings is 1. The van der Waals surface area contributed by atoms with E-state index in [-0.39, 0.29) is 0 Å². The molecule has 0 aliphatic heterocycles. The van der Waals surface area contributed by atoms with Gasteiger partial charge in [0.15, 0.2) is 5.06 Å². The third kappa shape index (κ3) is 2.22. The van der Waals surface area contributed by atoms with E-state index in [0.29, 0.717) is 0 Å². The summed E-state index contributed by atoms with van der Waals surface area (Å²) >= 11 is 4.90. The Balaban J connectivity index is 3.03. The van der Waals surface area contributed by atoms with Gasteiger partial charge < -0.3 is 4.74 Å². The molecule has 0 atom stereocenters. The first-order valence-electron chi connectivity index (χ1n) is 3.73. The molecule has 74 valence electrons. The maximum absolute atomic E-state index is 5.19. The molecule has 1 aromatic heterocycles. The quantitative estimate of drug-likeness (QED) is 0.855. The van der Waals surface area contributed by atoms with Crippen LogP contribution in [0.5, 0.6) is 5.06 Å². The molecule has 3 nitrogen and oxygen atoms in total. The van der Waals surface area contributed by atoms with Crippen LogP contribution < -0.4 is 10.6 Å². The molecule has 0 amide bonds. The lowest BCUT2D eigenvalue weighted by molar-refractivity contribution is -0.0208. The van der Waals surface area contributed by atoms with Crippen molar-refractivity contribution in [3.63, 3.8) is 0 Å². The number of halogens is 1. The van der Waals surface area contributed by atoms with Gasteiger partial charge in [0, 0.05) is 4.88 Å². The fourth-order valence-electron chi connectivity index (χ4n) is 0.846. The Morgan fingerprint density at radius 3 is 2.54 bits per heavy atom. The van der Waals surface area contributed by atoms with Crippen molar-refractivity contribution in [1.29, 1.82) is 0 Å². The molecular weight excluding hydrogens is 254 g/mol. The van der Waals surface area contributed by atoms with E-state index in [1.807, 2.05) is 19.9 Å². The van der Waals surface area contributed by atoms with Crippen molar-refractivity contribution >= 4 is 27.3 Å². The van der Waals surface area contributed by atoms with Crippen LogP contribution in [-0.4, -0.2) is 7.11 Å². The van der Waals surface area contributed by atoms with Crippen molar-refractivity contribution in [2.75, 3.05) is 7.11 Å². The summed E-state index contributed by atoms with van der Waals surface area (Å²) < 4.78 is 6.07. The van der Waals surface area contributed by atoms with E-state index >= 15 is 0 Å². The van der Waals surface area contributed by atoms with Crippen molar-refractivity contribution < 1.29 is 9.57 Å². The van der Waals surface area contributed by atoms with Crippen molar-refractivity contribution in [3.8, 4) is 5.06 Å². The molecule has 13 heavy (non-hydrogen) atoms. The minimum atomic E-state index is -0.468. The second kappa shape index (κ2) is 3.96. The van der Waals surface area contributed by atoms with Crippen LogP contribution in [0.3, 0.4) is 0 Å². The number of hydrogen-bond acceptors (Lipinski definition) is 4. The van der Waals surface area contributed by atoms with Gasteiger partial charge in [0.1, 0.15) is 5.60 Å². The van der Waals surface area contributed by atoms with Gasteiger partial charge in [-0.25, -0.2) is 5.90 Å². The minimum absolute atomic E-state index is 0.468. The maximum atomic E-state index is 5.19. The lowest BCUT2D eigenvalue weighted by Crippen LogP contribution is -2.23. The van der Waals surface area contributed by atoms with E-state index in [0.717, 1.165) is 14.4 Å². The molecule has 0 unspecified atom stereocenters. The molecule has 5 heteroatoms. The lowest BCUT2D eigenvalue weighted by Gasteiger charge is -2.19. The summed E-state index contributed by atoms with van der Waals surface area (Å²) in [7, 11) is 1.64. The topological polar surface area (TPSA) is 44.5 Å². The van der Waals surface area contributed by atoms with E-state index in [9.17, 15) is 0 Å². The van der Waals surface area contributed by atoms with Gasteiger partial charge in [0.25, 0.3) is 0 Å². The third-order valence-corrected chi connectivity index (χ3v) is 3.98. The standard InChI is InChI=1S/C8H12BrNO2S/c1-8(2,12-10)6-4-5(9)7(11-3)13-6/h4H,10H2,1-3H3. The number of hydrogen-bond donors (Lipinski definition) is 1. The number of ether oxygens (including phenoxy) is 1. The van der Waals surface area contributed by atoms with E-state index in [1.165, 1.54) is 11.3 Å². The van der Waals surface area contributed by atoms with Gasteiger partial charge in [-0.3, -0.25) is 4.84 Å². The highest BCUT2D eigenvalue weighted by atomic mass is 79.9. The molecule has 2 N–H and O–H groups in total.